The van der Waals surface area contributed by atoms with Crippen molar-refractivity contribution >= 4 is 21.5 Å². The Morgan fingerprint density at radius 2 is 0.744 bits per heavy atom. The van der Waals surface area contributed by atoms with Gasteiger partial charge in [-0.2, -0.15) is 0 Å². The minimum absolute atomic E-state index is 0.677. The third kappa shape index (κ3) is 4.55. The summed E-state index contributed by atoms with van der Waals surface area (Å²) in [6.45, 7) is 1.93. The highest BCUT2D eigenvalue weighted by Gasteiger charge is 2.11. The van der Waals surface area contributed by atoms with Crippen molar-refractivity contribution in [2.45, 2.75) is 6.92 Å². The summed E-state index contributed by atoms with van der Waals surface area (Å²) < 4.78 is 0. The van der Waals surface area contributed by atoms with Crippen LogP contribution in [0.5, 0.6) is 0 Å². The number of aryl methyl sites for hydroxylation is 1. The van der Waals surface area contributed by atoms with E-state index in [1.54, 1.807) is 0 Å². The molecule has 0 spiro atoms. The fourth-order valence-electron chi connectivity index (χ4n) is 5.15. The Hall–Kier alpha value is -5.15. The van der Waals surface area contributed by atoms with Gasteiger partial charge in [-0.25, -0.2) is 15.0 Å². The quantitative estimate of drug-likeness (QED) is 0.242. The van der Waals surface area contributed by atoms with Crippen molar-refractivity contribution in [3.63, 3.8) is 0 Å². The van der Waals surface area contributed by atoms with Crippen LogP contribution in [0.25, 0.3) is 66.6 Å². The van der Waals surface area contributed by atoms with Gasteiger partial charge in [0.1, 0.15) is 5.82 Å². The second-order valence-corrected chi connectivity index (χ2v) is 9.82. The molecule has 0 aliphatic carbocycles. The number of rotatable bonds is 4. The maximum absolute atomic E-state index is 4.92. The highest BCUT2D eigenvalue weighted by atomic mass is 15.0. The van der Waals surface area contributed by atoms with Gasteiger partial charge in [-0.3, -0.25) is 0 Å². The lowest BCUT2D eigenvalue weighted by atomic mass is 9.99. The molecule has 184 valence electrons. The Kier molecular flexibility index (Phi) is 5.68. The molecule has 6 aromatic carbocycles. The van der Waals surface area contributed by atoms with Crippen molar-refractivity contribution in [2.24, 2.45) is 0 Å². The van der Waals surface area contributed by atoms with E-state index >= 15 is 0 Å². The molecule has 3 heteroatoms. The van der Waals surface area contributed by atoms with Crippen molar-refractivity contribution in [3.05, 3.63) is 139 Å². The van der Waals surface area contributed by atoms with Crippen molar-refractivity contribution in [1.29, 1.82) is 0 Å². The summed E-state index contributed by atoms with van der Waals surface area (Å²) in [5.74, 6) is 2.05. The minimum Gasteiger partial charge on any atom is -0.213 e. The van der Waals surface area contributed by atoms with E-state index < -0.39 is 0 Å². The predicted molar refractivity (Wildman–Crippen MR) is 161 cm³/mol. The molecule has 0 radical (unpaired) electrons. The summed E-state index contributed by atoms with van der Waals surface area (Å²) in [5.41, 5.74) is 6.55. The van der Waals surface area contributed by atoms with E-state index in [0.717, 1.165) is 22.3 Å². The second kappa shape index (κ2) is 9.62. The molecular weight excluding hydrogens is 474 g/mol. The zero-order valence-corrected chi connectivity index (χ0v) is 21.5. The maximum atomic E-state index is 4.92. The minimum atomic E-state index is 0.677. The van der Waals surface area contributed by atoms with Crippen LogP contribution in [0.3, 0.4) is 0 Å². The van der Waals surface area contributed by atoms with Crippen LogP contribution in [0.4, 0.5) is 0 Å². The fraction of sp³-hybridized carbons (Fsp3) is 0.0278. The largest absolute Gasteiger partial charge is 0.213 e. The predicted octanol–water partition coefficient (Wildman–Crippen LogP) is 9.15. The molecular formula is C36H25N3. The third-order valence-electron chi connectivity index (χ3n) is 7.15. The van der Waals surface area contributed by atoms with Crippen molar-refractivity contribution < 1.29 is 0 Å². The van der Waals surface area contributed by atoms with Gasteiger partial charge in [-0.15, -0.1) is 0 Å². The maximum Gasteiger partial charge on any atom is 0.163 e. The number of hydrogen-bond acceptors (Lipinski definition) is 3. The number of benzene rings is 6. The molecule has 0 bridgehead atoms. The van der Waals surface area contributed by atoms with Crippen LogP contribution in [-0.4, -0.2) is 15.0 Å². The van der Waals surface area contributed by atoms with E-state index in [9.17, 15) is 0 Å². The zero-order chi connectivity index (χ0) is 26.2. The Morgan fingerprint density at radius 3 is 1.23 bits per heavy atom. The molecule has 3 nitrogen and oxygen atoms in total. The fourth-order valence-corrected chi connectivity index (χ4v) is 5.15. The van der Waals surface area contributed by atoms with Gasteiger partial charge >= 0.3 is 0 Å². The van der Waals surface area contributed by atoms with Crippen LogP contribution in [0.2, 0.25) is 0 Å². The molecule has 0 amide bonds. The molecule has 39 heavy (non-hydrogen) atoms. The topological polar surface area (TPSA) is 38.7 Å². The molecule has 0 saturated heterocycles. The average Bonchev–Trinajstić information content (AvgIpc) is 3.00. The third-order valence-corrected chi connectivity index (χ3v) is 7.15. The monoisotopic (exact) mass is 499 g/mol. The molecule has 0 aliphatic rings. The number of hydrogen-bond donors (Lipinski definition) is 0. The summed E-state index contributed by atoms with van der Waals surface area (Å²) in [4.78, 5) is 14.3. The van der Waals surface area contributed by atoms with E-state index in [2.05, 4.69) is 133 Å². The van der Waals surface area contributed by atoms with Gasteiger partial charge in [0.15, 0.2) is 11.6 Å². The van der Waals surface area contributed by atoms with E-state index in [-0.39, 0.29) is 0 Å². The standard InChI is InChI=1S/C36H25N3/c1-24-37-35(33-14-6-12-29(22-33)31-18-16-25-8-2-4-10-27(25)20-31)39-36(38-24)34-15-7-13-30(23-34)32-19-17-26-9-3-5-11-28(26)21-32/h2-23H,1H3. The molecule has 0 atom stereocenters. The van der Waals surface area contributed by atoms with Gasteiger partial charge < -0.3 is 0 Å². The van der Waals surface area contributed by atoms with Crippen LogP contribution in [0.1, 0.15) is 5.82 Å². The summed E-state index contributed by atoms with van der Waals surface area (Å²) in [6.07, 6.45) is 0. The van der Waals surface area contributed by atoms with Crippen molar-refractivity contribution in [3.8, 4) is 45.0 Å². The molecule has 0 unspecified atom stereocenters. The molecule has 7 rings (SSSR count). The molecule has 0 N–H and O–H groups in total. The van der Waals surface area contributed by atoms with Gasteiger partial charge in [0, 0.05) is 11.1 Å². The Morgan fingerprint density at radius 1 is 0.333 bits per heavy atom. The van der Waals surface area contributed by atoms with E-state index in [1.165, 1.54) is 32.7 Å². The van der Waals surface area contributed by atoms with Gasteiger partial charge in [-0.1, -0.05) is 109 Å². The first-order valence-corrected chi connectivity index (χ1v) is 13.1. The Balaban J connectivity index is 1.26. The molecule has 0 fully saturated rings. The Bertz CT molecular complexity index is 1850. The van der Waals surface area contributed by atoms with Crippen molar-refractivity contribution in [2.75, 3.05) is 0 Å². The van der Waals surface area contributed by atoms with Gasteiger partial charge in [0.05, 0.1) is 0 Å². The van der Waals surface area contributed by atoms with Gasteiger partial charge in [0.25, 0.3) is 0 Å². The first kappa shape index (κ1) is 23.0. The van der Waals surface area contributed by atoms with Gasteiger partial charge in [0.2, 0.25) is 0 Å². The van der Waals surface area contributed by atoms with Crippen LogP contribution >= 0.6 is 0 Å². The van der Waals surface area contributed by atoms with E-state index in [4.69, 9.17) is 15.0 Å². The van der Waals surface area contributed by atoms with Gasteiger partial charge in [-0.05, 0) is 75.0 Å². The molecule has 7 aromatic rings. The highest BCUT2D eigenvalue weighted by Crippen LogP contribution is 2.30. The lowest BCUT2D eigenvalue weighted by Crippen LogP contribution is -1.99. The van der Waals surface area contributed by atoms with E-state index in [1.807, 2.05) is 6.92 Å². The summed E-state index contributed by atoms with van der Waals surface area (Å²) in [5, 5.41) is 4.93. The lowest BCUT2D eigenvalue weighted by Gasteiger charge is -2.10. The van der Waals surface area contributed by atoms with E-state index in [0.29, 0.717) is 17.5 Å². The molecule has 0 aliphatic heterocycles. The Labute approximate surface area is 227 Å². The number of aromatic nitrogens is 3. The van der Waals surface area contributed by atoms with Crippen LogP contribution < -0.4 is 0 Å². The summed E-state index contributed by atoms with van der Waals surface area (Å²) in [6, 6.07) is 46.9. The smallest absolute Gasteiger partial charge is 0.163 e. The molecule has 1 aromatic heterocycles. The molecule has 0 saturated carbocycles. The normalized spacial score (nSPS) is 11.2. The van der Waals surface area contributed by atoms with Crippen LogP contribution in [0, 0.1) is 6.92 Å². The van der Waals surface area contributed by atoms with Crippen LogP contribution in [-0.2, 0) is 0 Å². The van der Waals surface area contributed by atoms with Crippen molar-refractivity contribution in [1.82, 2.24) is 15.0 Å². The first-order valence-electron chi connectivity index (χ1n) is 13.1. The molecule has 1 heterocycles. The SMILES string of the molecule is Cc1nc(-c2cccc(-c3ccc4ccccc4c3)c2)nc(-c2cccc(-c3ccc4ccccc4c3)c2)n1. The highest BCUT2D eigenvalue weighted by molar-refractivity contribution is 5.89. The average molecular weight is 500 g/mol. The number of fused-ring (bicyclic) bond motifs is 2. The lowest BCUT2D eigenvalue weighted by molar-refractivity contribution is 0.992. The zero-order valence-electron chi connectivity index (χ0n) is 21.5. The summed E-state index contributed by atoms with van der Waals surface area (Å²) >= 11 is 0. The van der Waals surface area contributed by atoms with Crippen LogP contribution in [0.15, 0.2) is 133 Å². The second-order valence-electron chi connectivity index (χ2n) is 9.82. The summed E-state index contributed by atoms with van der Waals surface area (Å²) in [7, 11) is 0. The first-order chi connectivity index (χ1) is 19.2. The number of nitrogens with zero attached hydrogens (tertiary/aromatic N) is 3.